The predicted octanol–water partition coefficient (Wildman–Crippen LogP) is 4.91. The molecule has 1 aromatic carbocycles. The summed E-state index contributed by atoms with van der Waals surface area (Å²) < 4.78 is 0. The molecule has 5 atom stereocenters. The number of carbonyl (C=O) groups is 1. The number of hydrogen-bond donors (Lipinski definition) is 5. The number of amides is 2. The zero-order valence-electron chi connectivity index (χ0n) is 23.2. The van der Waals surface area contributed by atoms with Crippen molar-refractivity contribution in [3.8, 4) is 6.07 Å². The lowest BCUT2D eigenvalue weighted by Crippen LogP contribution is -2.56. The summed E-state index contributed by atoms with van der Waals surface area (Å²) in [4.78, 5) is 22.1. The number of rotatable bonds is 7. The van der Waals surface area contributed by atoms with Crippen molar-refractivity contribution in [3.63, 3.8) is 0 Å². The second-order valence-electron chi connectivity index (χ2n) is 12.3. The van der Waals surface area contributed by atoms with Gasteiger partial charge in [0, 0.05) is 42.0 Å². The van der Waals surface area contributed by atoms with E-state index >= 15 is 0 Å². The zero-order chi connectivity index (χ0) is 27.8. The molecule has 2 aromatic heterocycles. The summed E-state index contributed by atoms with van der Waals surface area (Å²) in [5, 5.41) is 30.2. The summed E-state index contributed by atoms with van der Waals surface area (Å²) in [5.41, 5.74) is 4.27. The molecule has 41 heavy (non-hydrogen) atoms. The minimum atomic E-state index is -0.0815. The molecule has 2 bridgehead atoms. The van der Waals surface area contributed by atoms with Crippen LogP contribution in [0.15, 0.2) is 36.5 Å². The third-order valence-corrected chi connectivity index (χ3v) is 9.70. The number of nitrogens with zero attached hydrogens (tertiary/aromatic N) is 4. The Balaban J connectivity index is 0.912. The number of fused-ring (bicyclic) bond motifs is 4. The molecule has 3 aromatic rings. The Morgan fingerprint density at radius 3 is 2.54 bits per heavy atom. The van der Waals surface area contributed by atoms with Gasteiger partial charge in [-0.15, -0.1) is 0 Å². The molecule has 5 N–H and O–H groups in total. The first-order valence-electron chi connectivity index (χ1n) is 15.1. The van der Waals surface area contributed by atoms with E-state index in [9.17, 15) is 4.79 Å². The molecule has 10 heteroatoms. The van der Waals surface area contributed by atoms with Crippen LogP contribution in [0.1, 0.15) is 79.7 Å². The van der Waals surface area contributed by atoms with Crippen LogP contribution in [0.4, 0.5) is 22.4 Å². The fourth-order valence-corrected chi connectivity index (χ4v) is 7.61. The van der Waals surface area contributed by atoms with Crippen LogP contribution in [0.25, 0.3) is 0 Å². The van der Waals surface area contributed by atoms with Crippen molar-refractivity contribution in [1.82, 2.24) is 30.8 Å². The van der Waals surface area contributed by atoms with Crippen molar-refractivity contribution >= 4 is 23.6 Å². The van der Waals surface area contributed by atoms with Crippen LogP contribution in [-0.2, 0) is 12.8 Å². The number of urea groups is 1. The van der Waals surface area contributed by atoms with Crippen LogP contribution in [0, 0.1) is 23.2 Å². The number of aromatic nitrogens is 4. The number of nitrogens with one attached hydrogen (secondary N) is 5. The summed E-state index contributed by atoms with van der Waals surface area (Å²) in [6, 6.07) is 12.5. The Bertz CT molecular complexity index is 1460. The molecule has 2 amide bonds. The number of benzene rings is 1. The first-order chi connectivity index (χ1) is 20.1. The minimum Gasteiger partial charge on any atom is -0.351 e. The molecular weight excluding hydrogens is 514 g/mol. The van der Waals surface area contributed by atoms with Gasteiger partial charge in [0.2, 0.25) is 5.95 Å². The summed E-state index contributed by atoms with van der Waals surface area (Å²) >= 11 is 0. The number of anilines is 3. The van der Waals surface area contributed by atoms with E-state index in [1.165, 1.54) is 42.5 Å². The van der Waals surface area contributed by atoms with E-state index in [4.69, 9.17) is 10.2 Å². The van der Waals surface area contributed by atoms with Gasteiger partial charge in [0.05, 0.1) is 11.6 Å². The molecular formula is C31H37N9O. The lowest BCUT2D eigenvalue weighted by molar-refractivity contribution is 0.113. The first-order valence-corrected chi connectivity index (χ1v) is 15.1. The molecule has 5 aliphatic carbocycles. The summed E-state index contributed by atoms with van der Waals surface area (Å²) in [6.07, 6.45) is 12.6. The highest BCUT2D eigenvalue weighted by Gasteiger charge is 2.42. The smallest absolute Gasteiger partial charge is 0.315 e. The van der Waals surface area contributed by atoms with E-state index in [-0.39, 0.29) is 18.1 Å². The first kappa shape index (κ1) is 25.8. The molecule has 0 saturated heterocycles. The Morgan fingerprint density at radius 1 is 0.927 bits per heavy atom. The third-order valence-electron chi connectivity index (χ3n) is 9.70. The van der Waals surface area contributed by atoms with E-state index in [2.05, 4.69) is 48.6 Å². The lowest BCUT2D eigenvalue weighted by atomic mass is 9.65. The van der Waals surface area contributed by atoms with Gasteiger partial charge >= 0.3 is 6.03 Å². The van der Waals surface area contributed by atoms with Gasteiger partial charge in [-0.05, 0) is 92.5 Å². The van der Waals surface area contributed by atoms with Gasteiger partial charge in [-0.3, -0.25) is 5.10 Å². The molecule has 0 spiro atoms. The van der Waals surface area contributed by atoms with Gasteiger partial charge in [-0.1, -0.05) is 18.9 Å². The molecule has 3 unspecified atom stereocenters. The van der Waals surface area contributed by atoms with E-state index in [0.29, 0.717) is 35.3 Å². The minimum absolute atomic E-state index is 0.0722. The second kappa shape index (κ2) is 11.0. The SMILES string of the molecule is N#Cc1ccc2c(c1)CC(NC(=O)N[C@H]1CC3CCC1C[C@H]3Nc1nccc(Nc3cc(C4CCCC4)[nH]n3)n1)C2. The maximum Gasteiger partial charge on any atom is 0.315 e. The third kappa shape index (κ3) is 5.58. The van der Waals surface area contributed by atoms with Crippen molar-refractivity contribution < 1.29 is 4.79 Å². The topological polar surface area (TPSA) is 143 Å². The van der Waals surface area contributed by atoms with E-state index < -0.39 is 0 Å². The van der Waals surface area contributed by atoms with Gasteiger partial charge < -0.3 is 21.3 Å². The largest absolute Gasteiger partial charge is 0.351 e. The molecule has 10 nitrogen and oxygen atoms in total. The zero-order valence-corrected chi connectivity index (χ0v) is 23.2. The molecule has 2 heterocycles. The average molecular weight is 552 g/mol. The Morgan fingerprint density at radius 2 is 1.73 bits per heavy atom. The van der Waals surface area contributed by atoms with E-state index in [1.807, 2.05) is 24.3 Å². The molecule has 212 valence electrons. The van der Waals surface area contributed by atoms with Crippen LogP contribution in [0.2, 0.25) is 0 Å². The summed E-state index contributed by atoms with van der Waals surface area (Å²) in [6.45, 7) is 0. The van der Waals surface area contributed by atoms with Crippen LogP contribution < -0.4 is 21.3 Å². The molecule has 5 aliphatic rings. The molecule has 0 aliphatic heterocycles. The standard InChI is InChI=1S/C31H37N9O/c32-17-18-5-6-20-12-24(13-23(20)11-18)34-31(41)36-26-15-21-7-8-22(26)14-25(21)35-30-33-10-9-28(38-30)37-29-16-27(39-40-29)19-3-1-2-4-19/h5-6,9-11,16,19,21-22,24-26H,1-4,7-8,12-15H2,(H2,34,36,41)(H3,33,35,37,38,39,40)/t21?,22?,24?,25-,26+/m1/s1. The van der Waals surface area contributed by atoms with Crippen LogP contribution in [0.3, 0.4) is 0 Å². The van der Waals surface area contributed by atoms with Crippen molar-refractivity contribution in [1.29, 1.82) is 5.26 Å². The van der Waals surface area contributed by atoms with Gasteiger partial charge in [-0.25, -0.2) is 9.78 Å². The monoisotopic (exact) mass is 551 g/mol. The highest BCUT2D eigenvalue weighted by Crippen LogP contribution is 2.42. The average Bonchev–Trinajstić information content (AvgIpc) is 3.74. The molecule has 0 radical (unpaired) electrons. The maximum absolute atomic E-state index is 12.9. The van der Waals surface area contributed by atoms with Gasteiger partial charge in [-0.2, -0.15) is 15.3 Å². The van der Waals surface area contributed by atoms with E-state index in [1.54, 1.807) is 6.20 Å². The summed E-state index contributed by atoms with van der Waals surface area (Å²) in [5.74, 6) is 3.62. The predicted molar refractivity (Wildman–Crippen MR) is 156 cm³/mol. The molecule has 8 rings (SSSR count). The van der Waals surface area contributed by atoms with Crippen molar-refractivity contribution in [2.45, 2.75) is 88.3 Å². The van der Waals surface area contributed by atoms with Crippen LogP contribution in [-0.4, -0.2) is 44.3 Å². The second-order valence-corrected chi connectivity index (χ2v) is 12.3. The number of H-pyrrole nitrogens is 1. The van der Waals surface area contributed by atoms with E-state index in [0.717, 1.165) is 50.2 Å². The molecule has 4 saturated carbocycles. The Kier molecular flexibility index (Phi) is 6.95. The number of aromatic amines is 1. The van der Waals surface area contributed by atoms with Crippen molar-refractivity contribution in [2.75, 3.05) is 10.6 Å². The highest BCUT2D eigenvalue weighted by molar-refractivity contribution is 5.75. The fourth-order valence-electron chi connectivity index (χ4n) is 7.61. The van der Waals surface area contributed by atoms with Gasteiger partial charge in [0.25, 0.3) is 0 Å². The van der Waals surface area contributed by atoms with Crippen molar-refractivity contribution in [3.05, 3.63) is 58.9 Å². The quantitative estimate of drug-likeness (QED) is 0.281. The maximum atomic E-state index is 12.9. The normalized spacial score (nSPS) is 26.8. The van der Waals surface area contributed by atoms with Gasteiger partial charge in [0.15, 0.2) is 5.82 Å². The number of nitriles is 1. The van der Waals surface area contributed by atoms with Crippen molar-refractivity contribution in [2.24, 2.45) is 11.8 Å². The van der Waals surface area contributed by atoms with Crippen LogP contribution >= 0.6 is 0 Å². The Labute approximate surface area is 240 Å². The highest BCUT2D eigenvalue weighted by atomic mass is 16.2. The van der Waals surface area contributed by atoms with Gasteiger partial charge in [0.1, 0.15) is 5.82 Å². The lowest BCUT2D eigenvalue weighted by Gasteiger charge is -2.47. The number of carbonyl (C=O) groups excluding carboxylic acids is 1. The number of hydrogen-bond acceptors (Lipinski definition) is 7. The molecule has 4 fully saturated rings. The fraction of sp³-hybridized carbons (Fsp3) is 0.516. The Hall–Kier alpha value is -4.13. The summed E-state index contributed by atoms with van der Waals surface area (Å²) in [7, 11) is 0. The van der Waals surface area contributed by atoms with Crippen LogP contribution in [0.5, 0.6) is 0 Å².